The number of carboxylic acids is 1. The third-order valence-corrected chi connectivity index (χ3v) is 4.26. The maximum absolute atomic E-state index is 12.0. The summed E-state index contributed by atoms with van der Waals surface area (Å²) >= 11 is 0. The molecule has 0 aromatic heterocycles. The summed E-state index contributed by atoms with van der Waals surface area (Å²) in [6.07, 6.45) is 2.14. The number of carboxylic acid groups (broad SMARTS) is 1. The number of likely N-dealkylation sites (tertiary alicyclic amines) is 1. The van der Waals surface area contributed by atoms with E-state index in [4.69, 9.17) is 9.84 Å². The van der Waals surface area contributed by atoms with Crippen LogP contribution in [0.3, 0.4) is 0 Å². The number of amides is 1. The van der Waals surface area contributed by atoms with Gasteiger partial charge in [-0.05, 0) is 40.7 Å². The number of likely N-dealkylation sites (N-methyl/N-ethyl adjacent to an activating group) is 1. The molecule has 1 aliphatic carbocycles. The first-order chi connectivity index (χ1) is 10.6. The second-order valence-corrected chi connectivity index (χ2v) is 7.83. The molecule has 0 aromatic rings. The average molecular weight is 327 g/mol. The number of aliphatic carboxylic acids is 1. The molecule has 2 rings (SSSR count). The number of carbonyl (C=O) groups excluding carboxylic acids is 1. The Balaban J connectivity index is 1.81. The van der Waals surface area contributed by atoms with Crippen molar-refractivity contribution in [2.75, 3.05) is 33.2 Å². The first kappa shape index (κ1) is 18.0. The molecule has 0 atom stereocenters. The molecule has 2 fully saturated rings. The fourth-order valence-electron chi connectivity index (χ4n) is 2.91. The zero-order valence-electron chi connectivity index (χ0n) is 14.6. The molecule has 1 amide bonds. The zero-order valence-corrected chi connectivity index (χ0v) is 14.6. The fraction of sp³-hybridized carbons (Fsp3) is 0.875. The maximum atomic E-state index is 12.0. The number of carbonyl (C=O) groups is 2. The Morgan fingerprint density at radius 1 is 1.35 bits per heavy atom. The summed E-state index contributed by atoms with van der Waals surface area (Å²) in [6, 6.07) is 0.687. The summed E-state index contributed by atoms with van der Waals surface area (Å²) < 4.78 is 5.33. The van der Waals surface area contributed by atoms with Gasteiger partial charge in [-0.1, -0.05) is 0 Å². The van der Waals surface area contributed by atoms with Gasteiger partial charge in [0.15, 0.2) is 0 Å². The van der Waals surface area contributed by atoms with E-state index in [0.717, 1.165) is 13.1 Å². The van der Waals surface area contributed by atoms with Crippen molar-refractivity contribution in [2.45, 2.75) is 57.2 Å². The van der Waals surface area contributed by atoms with Crippen LogP contribution in [0.4, 0.5) is 4.79 Å². The van der Waals surface area contributed by atoms with Crippen LogP contribution < -0.4 is 5.32 Å². The van der Waals surface area contributed by atoms with E-state index in [1.807, 2.05) is 20.8 Å². The van der Waals surface area contributed by atoms with Crippen LogP contribution in [0, 0.1) is 0 Å². The molecule has 0 unspecified atom stereocenters. The Labute approximate surface area is 138 Å². The van der Waals surface area contributed by atoms with Gasteiger partial charge in [-0.15, -0.1) is 0 Å². The minimum atomic E-state index is -0.850. The molecule has 7 nitrogen and oxygen atoms in total. The van der Waals surface area contributed by atoms with Crippen molar-refractivity contribution in [3.05, 3.63) is 0 Å². The molecule has 0 aromatic carbocycles. The Morgan fingerprint density at radius 2 is 1.96 bits per heavy atom. The van der Waals surface area contributed by atoms with Crippen molar-refractivity contribution >= 4 is 12.1 Å². The van der Waals surface area contributed by atoms with E-state index in [1.54, 1.807) is 4.90 Å². The second kappa shape index (κ2) is 6.65. The molecule has 1 heterocycles. The van der Waals surface area contributed by atoms with Gasteiger partial charge in [0.05, 0.1) is 12.0 Å². The van der Waals surface area contributed by atoms with Gasteiger partial charge in [0, 0.05) is 32.2 Å². The quantitative estimate of drug-likeness (QED) is 0.729. The summed E-state index contributed by atoms with van der Waals surface area (Å²) in [5, 5.41) is 12.5. The Bertz CT molecular complexity index is 451. The van der Waals surface area contributed by atoms with E-state index >= 15 is 0 Å². The van der Waals surface area contributed by atoms with Gasteiger partial charge in [0.2, 0.25) is 0 Å². The van der Waals surface area contributed by atoms with E-state index in [1.165, 1.54) is 12.8 Å². The molecule has 2 aliphatic rings. The highest BCUT2D eigenvalue weighted by molar-refractivity contribution is 5.73. The molecule has 132 valence electrons. The van der Waals surface area contributed by atoms with Gasteiger partial charge in [0.25, 0.3) is 0 Å². The van der Waals surface area contributed by atoms with Crippen molar-refractivity contribution in [1.29, 1.82) is 0 Å². The van der Waals surface area contributed by atoms with Crippen LogP contribution in [0.15, 0.2) is 0 Å². The van der Waals surface area contributed by atoms with Crippen molar-refractivity contribution in [3.8, 4) is 0 Å². The monoisotopic (exact) mass is 327 g/mol. The average Bonchev–Trinajstić information content (AvgIpc) is 3.15. The summed E-state index contributed by atoms with van der Waals surface area (Å²) in [5.74, 6) is -0.850. The predicted molar refractivity (Wildman–Crippen MR) is 86.4 cm³/mol. The van der Waals surface area contributed by atoms with Gasteiger partial charge in [-0.2, -0.15) is 0 Å². The number of hydrogen-bond donors (Lipinski definition) is 2. The van der Waals surface area contributed by atoms with Crippen molar-refractivity contribution in [2.24, 2.45) is 0 Å². The molecule has 23 heavy (non-hydrogen) atoms. The van der Waals surface area contributed by atoms with E-state index in [0.29, 0.717) is 19.1 Å². The summed E-state index contributed by atoms with van der Waals surface area (Å²) in [6.45, 7) is 7.83. The van der Waals surface area contributed by atoms with Crippen molar-refractivity contribution in [1.82, 2.24) is 15.1 Å². The number of rotatable bonds is 7. The van der Waals surface area contributed by atoms with Crippen LogP contribution in [-0.2, 0) is 9.53 Å². The standard InChI is InChI=1S/C16H29N3O4/c1-15(2,3)23-14(22)19-10-16(11-19,9-13(20)21)17-7-8-18(4)12-5-6-12/h12,17H,5-11H2,1-4H3,(H,20,21). The zero-order chi connectivity index (χ0) is 17.3. The van der Waals surface area contributed by atoms with Crippen molar-refractivity contribution < 1.29 is 19.4 Å². The Hall–Kier alpha value is -1.34. The lowest BCUT2D eigenvalue weighted by Crippen LogP contribution is -2.71. The second-order valence-electron chi connectivity index (χ2n) is 7.83. The van der Waals surface area contributed by atoms with E-state index in [2.05, 4.69) is 17.3 Å². The van der Waals surface area contributed by atoms with E-state index in [-0.39, 0.29) is 12.5 Å². The molecule has 7 heteroatoms. The van der Waals surface area contributed by atoms with Gasteiger partial charge in [-0.3, -0.25) is 4.79 Å². The van der Waals surface area contributed by atoms with Crippen LogP contribution in [0.1, 0.15) is 40.0 Å². The van der Waals surface area contributed by atoms with Gasteiger partial charge in [0.1, 0.15) is 5.60 Å². The summed E-state index contributed by atoms with van der Waals surface area (Å²) in [7, 11) is 2.09. The third kappa shape index (κ3) is 5.35. The third-order valence-electron chi connectivity index (χ3n) is 4.26. The smallest absolute Gasteiger partial charge is 0.410 e. The number of ether oxygens (including phenoxy) is 1. The first-order valence-corrected chi connectivity index (χ1v) is 8.25. The van der Waals surface area contributed by atoms with Gasteiger partial charge < -0.3 is 25.0 Å². The van der Waals surface area contributed by atoms with Crippen molar-refractivity contribution in [3.63, 3.8) is 0 Å². The minimum Gasteiger partial charge on any atom is -0.481 e. The molecule has 0 radical (unpaired) electrons. The van der Waals surface area contributed by atoms with E-state index in [9.17, 15) is 9.59 Å². The van der Waals surface area contributed by atoms with Gasteiger partial charge >= 0.3 is 12.1 Å². The van der Waals surface area contributed by atoms with Gasteiger partial charge in [-0.25, -0.2) is 4.79 Å². The fourth-order valence-corrected chi connectivity index (χ4v) is 2.91. The largest absolute Gasteiger partial charge is 0.481 e. The molecule has 0 spiro atoms. The van der Waals surface area contributed by atoms with E-state index < -0.39 is 17.1 Å². The molecule has 2 N–H and O–H groups in total. The highest BCUT2D eigenvalue weighted by atomic mass is 16.6. The molecule has 0 bridgehead atoms. The Kier molecular flexibility index (Phi) is 5.20. The maximum Gasteiger partial charge on any atom is 0.410 e. The molecule has 1 aliphatic heterocycles. The number of nitrogens with one attached hydrogen (secondary N) is 1. The minimum absolute atomic E-state index is 0.0133. The molecule has 1 saturated heterocycles. The van der Waals surface area contributed by atoms with Crippen LogP contribution >= 0.6 is 0 Å². The molecular weight excluding hydrogens is 298 g/mol. The Morgan fingerprint density at radius 3 is 2.43 bits per heavy atom. The highest BCUT2D eigenvalue weighted by Crippen LogP contribution is 2.27. The summed E-state index contributed by atoms with van der Waals surface area (Å²) in [5.41, 5.74) is -1.07. The first-order valence-electron chi connectivity index (χ1n) is 8.25. The SMILES string of the molecule is CN(CCNC1(CC(=O)O)CN(C(=O)OC(C)(C)C)C1)C1CC1. The lowest BCUT2D eigenvalue weighted by atomic mass is 9.86. The molecule has 1 saturated carbocycles. The highest BCUT2D eigenvalue weighted by Gasteiger charge is 2.47. The summed E-state index contributed by atoms with van der Waals surface area (Å²) in [4.78, 5) is 27.0. The van der Waals surface area contributed by atoms with Crippen LogP contribution in [-0.4, -0.2) is 77.4 Å². The lowest BCUT2D eigenvalue weighted by Gasteiger charge is -2.50. The lowest BCUT2D eigenvalue weighted by molar-refractivity contribution is -0.141. The van der Waals surface area contributed by atoms with Crippen LogP contribution in [0.5, 0.6) is 0 Å². The molecular formula is C16H29N3O4. The predicted octanol–water partition coefficient (Wildman–Crippen LogP) is 1.13. The number of nitrogens with zero attached hydrogens (tertiary/aromatic N) is 2. The number of hydrogen-bond acceptors (Lipinski definition) is 5. The van der Waals surface area contributed by atoms with Crippen LogP contribution in [0.2, 0.25) is 0 Å². The topological polar surface area (TPSA) is 82.1 Å². The normalized spacial score (nSPS) is 20.3. The van der Waals surface area contributed by atoms with Crippen LogP contribution in [0.25, 0.3) is 0 Å².